The van der Waals surface area contributed by atoms with Gasteiger partial charge in [-0.1, -0.05) is 6.08 Å². The molecule has 0 aliphatic carbocycles. The lowest BCUT2D eigenvalue weighted by Crippen LogP contribution is -1.94. The van der Waals surface area contributed by atoms with Crippen molar-refractivity contribution in [3.63, 3.8) is 0 Å². The van der Waals surface area contributed by atoms with Gasteiger partial charge in [-0.25, -0.2) is 9.13 Å². The predicted octanol–water partition coefficient (Wildman–Crippen LogP) is 1.58. The highest BCUT2D eigenvalue weighted by Crippen LogP contribution is 2.61. The Labute approximate surface area is 79.3 Å². The molecule has 1 atom stereocenters. The number of rotatable bonds is 6. The SMILES string of the molecule is C=CCOP(=O)(OCl)OP(=O)(O)O. The molecule has 0 fully saturated rings. The number of halogens is 1. The van der Waals surface area contributed by atoms with Crippen LogP contribution in [-0.4, -0.2) is 16.4 Å². The van der Waals surface area contributed by atoms with E-state index < -0.39 is 15.6 Å². The van der Waals surface area contributed by atoms with Crippen LogP contribution in [0.25, 0.3) is 0 Å². The minimum Gasteiger partial charge on any atom is -0.302 e. The van der Waals surface area contributed by atoms with E-state index in [1.807, 2.05) is 0 Å². The molecule has 0 heterocycles. The molecule has 0 aliphatic heterocycles. The third-order valence-corrected chi connectivity index (χ3v) is 3.43. The number of phosphoric acid groups is 2. The van der Waals surface area contributed by atoms with E-state index in [0.717, 1.165) is 0 Å². The van der Waals surface area contributed by atoms with Gasteiger partial charge < -0.3 is 9.79 Å². The Morgan fingerprint density at radius 1 is 1.46 bits per heavy atom. The van der Waals surface area contributed by atoms with E-state index >= 15 is 0 Å². The Hall–Kier alpha value is 0.290. The summed E-state index contributed by atoms with van der Waals surface area (Å²) in [5, 5.41) is 0. The molecule has 2 N–H and O–H groups in total. The summed E-state index contributed by atoms with van der Waals surface area (Å²) < 4.78 is 32.8. The van der Waals surface area contributed by atoms with Crippen molar-refractivity contribution >= 4 is 27.5 Å². The molecule has 13 heavy (non-hydrogen) atoms. The van der Waals surface area contributed by atoms with Crippen molar-refractivity contribution < 1.29 is 31.8 Å². The van der Waals surface area contributed by atoms with Crippen LogP contribution in [0, 0.1) is 0 Å². The second kappa shape index (κ2) is 5.24. The first-order chi connectivity index (χ1) is 5.83. The van der Waals surface area contributed by atoms with Gasteiger partial charge in [0.2, 0.25) is 0 Å². The molecule has 7 nitrogen and oxygen atoms in total. The minimum absolute atomic E-state index is 0.288. The van der Waals surface area contributed by atoms with Crippen molar-refractivity contribution in [3.05, 3.63) is 12.7 Å². The zero-order valence-corrected chi connectivity index (χ0v) is 8.74. The fraction of sp³-hybridized carbons (Fsp3) is 0.333. The molecule has 1 unspecified atom stereocenters. The fourth-order valence-corrected chi connectivity index (χ4v) is 2.34. The predicted molar refractivity (Wildman–Crippen MR) is 43.8 cm³/mol. The van der Waals surface area contributed by atoms with Gasteiger partial charge in [0.1, 0.15) is 0 Å². The van der Waals surface area contributed by atoms with Crippen molar-refractivity contribution in [3.8, 4) is 0 Å². The molecule has 0 aromatic heterocycles. The van der Waals surface area contributed by atoms with Crippen LogP contribution in [0.15, 0.2) is 12.7 Å². The van der Waals surface area contributed by atoms with Crippen LogP contribution >= 0.6 is 27.5 Å². The van der Waals surface area contributed by atoms with Gasteiger partial charge in [0.15, 0.2) is 0 Å². The van der Waals surface area contributed by atoms with Crippen LogP contribution in [0.4, 0.5) is 0 Å². The van der Waals surface area contributed by atoms with E-state index in [1.165, 1.54) is 6.08 Å². The molecule has 0 aliphatic rings. The quantitative estimate of drug-likeness (QED) is 0.546. The molecular weight excluding hydrogens is 245 g/mol. The molecule has 78 valence electrons. The zero-order chi connectivity index (χ0) is 10.5. The second-order valence-electron chi connectivity index (χ2n) is 1.67. The van der Waals surface area contributed by atoms with Gasteiger partial charge in [-0.15, -0.1) is 6.58 Å². The Balaban J connectivity index is 4.37. The lowest BCUT2D eigenvalue weighted by molar-refractivity contribution is 0.200. The third kappa shape index (κ3) is 6.37. The lowest BCUT2D eigenvalue weighted by Gasteiger charge is -2.12. The van der Waals surface area contributed by atoms with Gasteiger partial charge in [-0.3, -0.25) is 4.52 Å². The summed E-state index contributed by atoms with van der Waals surface area (Å²) in [6, 6.07) is 0. The monoisotopic (exact) mass is 252 g/mol. The van der Waals surface area contributed by atoms with E-state index in [-0.39, 0.29) is 6.61 Å². The first kappa shape index (κ1) is 13.3. The van der Waals surface area contributed by atoms with Gasteiger partial charge in [0, 0.05) is 0 Å². The summed E-state index contributed by atoms with van der Waals surface area (Å²) in [7, 11) is -9.38. The maximum atomic E-state index is 11.0. The largest absolute Gasteiger partial charge is 0.500 e. The van der Waals surface area contributed by atoms with Gasteiger partial charge in [-0.05, 0) is 0 Å². The van der Waals surface area contributed by atoms with Crippen LogP contribution in [0.5, 0.6) is 0 Å². The highest BCUT2D eigenvalue weighted by atomic mass is 35.5. The van der Waals surface area contributed by atoms with E-state index in [1.54, 1.807) is 0 Å². The summed E-state index contributed by atoms with van der Waals surface area (Å²) in [5.41, 5.74) is 0. The topological polar surface area (TPSA) is 102 Å². The molecule has 0 rings (SSSR count). The standard InChI is InChI=1S/C3H7ClO7P2/c1-2-3-9-13(8,10-4)11-12(5,6)7/h2H,1,3H2,(H2,5,6,7). The highest BCUT2D eigenvalue weighted by Gasteiger charge is 2.35. The molecule has 0 aromatic carbocycles. The van der Waals surface area contributed by atoms with Crippen molar-refractivity contribution in [2.45, 2.75) is 0 Å². The molecule has 10 heteroatoms. The van der Waals surface area contributed by atoms with Gasteiger partial charge >= 0.3 is 15.6 Å². The zero-order valence-electron chi connectivity index (χ0n) is 6.20. The average Bonchev–Trinajstić information content (AvgIpc) is 1.98. The Morgan fingerprint density at radius 2 is 2.00 bits per heavy atom. The van der Waals surface area contributed by atoms with Gasteiger partial charge in [0.05, 0.1) is 18.5 Å². The van der Waals surface area contributed by atoms with Crippen molar-refractivity contribution in [2.75, 3.05) is 6.61 Å². The van der Waals surface area contributed by atoms with Crippen molar-refractivity contribution in [2.24, 2.45) is 0 Å². The second-order valence-corrected chi connectivity index (χ2v) is 5.01. The highest BCUT2D eigenvalue weighted by molar-refractivity contribution is 7.61. The maximum Gasteiger partial charge on any atom is 0.500 e. The Kier molecular flexibility index (Phi) is 5.36. The summed E-state index contributed by atoms with van der Waals surface area (Å²) in [6.07, 6.45) is 1.17. The van der Waals surface area contributed by atoms with Gasteiger partial charge in [0.25, 0.3) is 0 Å². The van der Waals surface area contributed by atoms with Crippen LogP contribution in [0.2, 0.25) is 0 Å². The van der Waals surface area contributed by atoms with Gasteiger partial charge in [-0.2, -0.15) is 8.39 Å². The maximum absolute atomic E-state index is 11.0. The van der Waals surface area contributed by atoms with Crippen molar-refractivity contribution in [1.29, 1.82) is 0 Å². The number of hydrogen-bond acceptors (Lipinski definition) is 5. The molecule has 0 radical (unpaired) electrons. The molecule has 0 saturated carbocycles. The molecule has 0 bridgehead atoms. The van der Waals surface area contributed by atoms with E-state index in [2.05, 4.69) is 31.4 Å². The molecule has 0 saturated heterocycles. The molecule has 0 spiro atoms. The summed E-state index contributed by atoms with van der Waals surface area (Å²) in [5.74, 6) is 0. The minimum atomic E-state index is -4.98. The third-order valence-electron chi connectivity index (χ3n) is 0.641. The molecular formula is C3H7ClO7P2. The number of hydrogen-bond donors (Lipinski definition) is 2. The van der Waals surface area contributed by atoms with E-state index in [0.29, 0.717) is 0 Å². The van der Waals surface area contributed by atoms with Crippen LogP contribution < -0.4 is 0 Å². The first-order valence-corrected chi connectivity index (χ1v) is 6.05. The van der Waals surface area contributed by atoms with Crippen LogP contribution in [0.1, 0.15) is 0 Å². The van der Waals surface area contributed by atoms with E-state index in [4.69, 9.17) is 9.79 Å². The van der Waals surface area contributed by atoms with Crippen LogP contribution in [0.3, 0.4) is 0 Å². The molecule has 0 aromatic rings. The Morgan fingerprint density at radius 3 is 2.31 bits per heavy atom. The molecule has 0 amide bonds. The van der Waals surface area contributed by atoms with E-state index in [9.17, 15) is 9.13 Å². The lowest BCUT2D eigenvalue weighted by atomic mass is 10.7. The van der Waals surface area contributed by atoms with Crippen molar-refractivity contribution in [1.82, 2.24) is 0 Å². The first-order valence-electron chi connectivity index (χ1n) is 2.75. The fourth-order valence-electron chi connectivity index (χ4n) is 0.330. The smallest absolute Gasteiger partial charge is 0.302 e. The summed E-state index contributed by atoms with van der Waals surface area (Å²) in [4.78, 5) is 16.5. The average molecular weight is 252 g/mol. The van der Waals surface area contributed by atoms with Crippen LogP contribution in [-0.2, 0) is 22.0 Å². The Bertz CT molecular complexity index is 258. The summed E-state index contributed by atoms with van der Waals surface area (Å²) in [6.45, 7) is 2.91. The summed E-state index contributed by atoms with van der Waals surface area (Å²) >= 11 is 4.66. The normalized spacial score (nSPS) is 16.5.